The summed E-state index contributed by atoms with van der Waals surface area (Å²) in [6.07, 6.45) is 12.7. The summed E-state index contributed by atoms with van der Waals surface area (Å²) >= 11 is 0. The number of rotatable bonds is 8. The van der Waals surface area contributed by atoms with Gasteiger partial charge in [0.05, 0.1) is 24.7 Å². The van der Waals surface area contributed by atoms with Crippen molar-refractivity contribution in [3.63, 3.8) is 0 Å². The van der Waals surface area contributed by atoms with Crippen molar-refractivity contribution in [3.8, 4) is 0 Å². The average Bonchev–Trinajstić information content (AvgIpc) is 3.66. The number of aromatic nitrogens is 6. The molecular formula is C61H75N19O4. The quantitative estimate of drug-likeness (QED) is 0.0997. The number of aryl methyl sites for hydroxylation is 1. The van der Waals surface area contributed by atoms with Crippen molar-refractivity contribution in [1.82, 2.24) is 66.7 Å². The number of fused-ring (bicyclic) bond motifs is 2. The van der Waals surface area contributed by atoms with Crippen LogP contribution in [0.3, 0.4) is 0 Å². The molecule has 2 amide bonds. The van der Waals surface area contributed by atoms with E-state index in [-0.39, 0.29) is 17.6 Å². The summed E-state index contributed by atoms with van der Waals surface area (Å²) in [5.41, 5.74) is 14.2. The summed E-state index contributed by atoms with van der Waals surface area (Å²) < 4.78 is 5.13. The highest BCUT2D eigenvalue weighted by molar-refractivity contribution is 6.06. The number of amidine groups is 4. The van der Waals surface area contributed by atoms with Gasteiger partial charge in [-0.15, -0.1) is 0 Å². The highest BCUT2D eigenvalue weighted by Gasteiger charge is 2.34. The monoisotopic (exact) mass is 1140 g/mol. The van der Waals surface area contributed by atoms with Crippen molar-refractivity contribution in [2.24, 2.45) is 20.0 Å². The predicted octanol–water partition coefficient (Wildman–Crippen LogP) is 4.72. The van der Waals surface area contributed by atoms with Gasteiger partial charge in [-0.1, -0.05) is 48.5 Å². The second kappa shape index (κ2) is 29.0. The van der Waals surface area contributed by atoms with E-state index < -0.39 is 0 Å². The Morgan fingerprint density at radius 2 is 1.25 bits per heavy atom. The van der Waals surface area contributed by atoms with Gasteiger partial charge in [-0.25, -0.2) is 9.97 Å². The molecule has 0 atom stereocenters. The fourth-order valence-corrected chi connectivity index (χ4v) is 10.8. The van der Waals surface area contributed by atoms with Crippen molar-refractivity contribution in [2.45, 2.75) is 38.5 Å². The zero-order chi connectivity index (χ0) is 58.8. The van der Waals surface area contributed by atoms with E-state index >= 15 is 0 Å². The lowest BCUT2D eigenvalue weighted by atomic mass is 9.98. The highest BCUT2D eigenvalue weighted by Crippen LogP contribution is 2.27. The van der Waals surface area contributed by atoms with Gasteiger partial charge in [0.15, 0.2) is 23.0 Å². The molecule has 0 saturated carbocycles. The van der Waals surface area contributed by atoms with Gasteiger partial charge in [-0.3, -0.25) is 44.6 Å². The molecule has 0 saturated heterocycles. The molecule has 14 rings (SSSR count). The number of amides is 2. The molecular weight excluding hydrogens is 1060 g/mol. The van der Waals surface area contributed by atoms with E-state index in [1.807, 2.05) is 92.8 Å². The first-order valence-electron chi connectivity index (χ1n) is 28.3. The summed E-state index contributed by atoms with van der Waals surface area (Å²) in [5.74, 6) is 6.31. The molecule has 7 aliphatic heterocycles. The normalized spacial score (nSPS) is 18.7. The van der Waals surface area contributed by atoms with Crippen LogP contribution >= 0.6 is 0 Å². The van der Waals surface area contributed by atoms with Crippen LogP contribution in [0.15, 0.2) is 161 Å². The molecule has 0 bridgehead atoms. The number of hydrogen-bond acceptors (Lipinski definition) is 15. The molecule has 4 aromatic heterocycles. The number of aromatic amines is 2. The van der Waals surface area contributed by atoms with Crippen molar-refractivity contribution in [1.29, 1.82) is 0 Å². The van der Waals surface area contributed by atoms with Gasteiger partial charge in [0.1, 0.15) is 35.5 Å². The molecule has 6 aromatic rings. The largest absolute Gasteiger partial charge is 0.459 e. The van der Waals surface area contributed by atoms with E-state index in [1.165, 1.54) is 77.4 Å². The summed E-state index contributed by atoms with van der Waals surface area (Å²) in [7, 11) is 10.8. The fourth-order valence-electron chi connectivity index (χ4n) is 10.8. The first-order chi connectivity index (χ1) is 41.1. The third kappa shape index (κ3) is 14.6. The lowest BCUT2D eigenvalue weighted by Crippen LogP contribution is -2.34. The Morgan fingerprint density at radius 3 is 1.88 bits per heavy atom. The van der Waals surface area contributed by atoms with Gasteiger partial charge in [0, 0.05) is 147 Å². The van der Waals surface area contributed by atoms with E-state index in [1.54, 1.807) is 44.4 Å². The van der Waals surface area contributed by atoms with E-state index in [0.717, 1.165) is 114 Å². The van der Waals surface area contributed by atoms with Crippen LogP contribution in [0.1, 0.15) is 57.0 Å². The first kappa shape index (κ1) is 59.1. The Hall–Kier alpha value is -9.51. The van der Waals surface area contributed by atoms with Crippen LogP contribution < -0.4 is 37.2 Å². The van der Waals surface area contributed by atoms with Gasteiger partial charge < -0.3 is 51.4 Å². The number of aliphatic imine (C=N–C) groups is 4. The Morgan fingerprint density at radius 1 is 0.619 bits per heavy atom. The van der Waals surface area contributed by atoms with Crippen molar-refractivity contribution in [2.75, 3.05) is 118 Å². The van der Waals surface area contributed by atoms with Crippen molar-refractivity contribution >= 4 is 63.6 Å². The molecule has 0 unspecified atom stereocenters. The number of furan rings is 1. The molecule has 23 heteroatoms. The Bertz CT molecular complexity index is 3520. The smallest absolute Gasteiger partial charge is 0.290 e. The zero-order valence-corrected chi connectivity index (χ0v) is 48.7. The summed E-state index contributed by atoms with van der Waals surface area (Å²) in [5, 5.41) is 37.1. The number of nitrogens with zero attached hydrogens (tertiary/aromatic N) is 10. The molecule has 438 valence electrons. The number of nitrogens with one attached hydrogen (secondary N) is 9. The molecule has 23 nitrogen and oxygen atoms in total. The van der Waals surface area contributed by atoms with Gasteiger partial charge in [0.25, 0.3) is 11.8 Å². The van der Waals surface area contributed by atoms with Crippen LogP contribution in [0.5, 0.6) is 0 Å². The van der Waals surface area contributed by atoms with Gasteiger partial charge >= 0.3 is 0 Å². The van der Waals surface area contributed by atoms with E-state index in [4.69, 9.17) is 4.42 Å². The molecule has 84 heavy (non-hydrogen) atoms. The maximum atomic E-state index is 12.3. The number of benzene rings is 2. The van der Waals surface area contributed by atoms with Gasteiger partial charge in [-0.05, 0) is 83.9 Å². The van der Waals surface area contributed by atoms with E-state index in [0.29, 0.717) is 38.2 Å². The van der Waals surface area contributed by atoms with Crippen LogP contribution in [0.4, 0.5) is 11.6 Å². The number of Topliss-reactive ketones (excluding diaryl/α,β-unsaturated/α-hetero) is 1. The van der Waals surface area contributed by atoms with E-state index in [9.17, 15) is 14.4 Å². The second-order valence-corrected chi connectivity index (χ2v) is 20.5. The first-order valence-corrected chi connectivity index (χ1v) is 28.3. The number of anilines is 2. The van der Waals surface area contributed by atoms with Crippen LogP contribution in [-0.2, 0) is 24.1 Å². The third-order valence-electron chi connectivity index (χ3n) is 15.2. The molecule has 0 spiro atoms. The maximum Gasteiger partial charge on any atom is 0.290 e. The van der Waals surface area contributed by atoms with E-state index in [2.05, 4.69) is 87.5 Å². The summed E-state index contributed by atoms with van der Waals surface area (Å²) in [4.78, 5) is 64.3. The topological polar surface area (TPSA) is 288 Å². The highest BCUT2D eigenvalue weighted by atomic mass is 16.3. The van der Waals surface area contributed by atoms with Crippen LogP contribution in [-0.4, -0.2) is 189 Å². The number of ketones is 1. The molecule has 1 aliphatic carbocycles. The Labute approximate surface area is 489 Å². The summed E-state index contributed by atoms with van der Waals surface area (Å²) in [6, 6.07) is 22.7. The average molecular weight is 1140 g/mol. The maximum absolute atomic E-state index is 12.3. The number of carbonyl (C=O) groups is 3. The second-order valence-electron chi connectivity index (χ2n) is 20.5. The van der Waals surface area contributed by atoms with Crippen LogP contribution in [0.2, 0.25) is 0 Å². The molecule has 0 radical (unpaired) electrons. The predicted molar refractivity (Wildman–Crippen MR) is 330 cm³/mol. The van der Waals surface area contributed by atoms with Crippen LogP contribution in [0, 0.1) is 0 Å². The molecule has 8 aliphatic rings. The molecule has 0 fully saturated rings. The lowest BCUT2D eigenvalue weighted by Gasteiger charge is -2.18. The zero-order valence-electron chi connectivity index (χ0n) is 48.7. The molecule has 9 N–H and O–H groups in total. The fraction of sp³-hybridized carbons (Fsp3) is 0.361. The number of H-pyrrole nitrogens is 2. The van der Waals surface area contributed by atoms with Crippen LogP contribution in [0.25, 0.3) is 11.0 Å². The number of hydrogen-bond donors (Lipinski definition) is 9. The third-order valence-corrected chi connectivity index (χ3v) is 15.2. The molecule has 2 aromatic carbocycles. The minimum Gasteiger partial charge on any atom is -0.459 e. The number of carbonyl (C=O) groups excluding carboxylic acids is 3. The Kier molecular flexibility index (Phi) is 20.4. The van der Waals surface area contributed by atoms with Gasteiger partial charge in [-0.2, -0.15) is 10.2 Å². The summed E-state index contributed by atoms with van der Waals surface area (Å²) in [6.45, 7) is 8.07. The minimum atomic E-state index is -0.0557. The standard InChI is InChI=1S/C14H15N3O.C14H16N2O.C12H13N3O2.C8H13N3.C7H11N3.C6H7N5/c1-15-13-12-9-17(8-11(12)7-16-13)14(18)10-5-3-2-4-6-10;1-15-14-9-12(10-16-14)8-13(17)7-11-5-3-2-4-6-11;1-13-11-9-7-15(6-8(9)5-14-11)12(16)10-3-2-4-17-10;1-9-8-6-4-2-3-5-7(6)10-11-8;1-8-7-6-4-9-2-5(6)3-10-7;1-7-5-4-2-8-3-9-6(4)11-10-5/h2-6H,7-9H2,1H3,(H,15,16);2-6,9H,7-8,10H2,1H3,(H,15,16);2-4H,5-7H2,1H3,(H,13,14);2-5H2,1H3,(H2,9,10,11);9H,2-4H2,1H3,(H,8,10);2-3H,1H3,(H2,7,8,9,10,11). The van der Waals surface area contributed by atoms with Crippen molar-refractivity contribution < 1.29 is 18.8 Å². The Balaban J connectivity index is 0.000000123. The minimum absolute atomic E-state index is 0.0557. The van der Waals surface area contributed by atoms with Crippen molar-refractivity contribution in [3.05, 3.63) is 165 Å². The molecule has 11 heterocycles. The SMILES string of the molecule is CN=C1C=C(CC(=O)Cc2ccccc2)CN1.CN=C1NCC2=C1CN(C(=O)c1ccccc1)C2.CN=C1NCC2=C1CN(C(=O)c1ccco1)C2.CN=C1NCC2=C1CNC2.CNc1n[nH]c2c1CCCC2.CNc1n[nH]c2ncncc12. The van der Waals surface area contributed by atoms with Gasteiger partial charge in [0.2, 0.25) is 0 Å². The lowest BCUT2D eigenvalue weighted by molar-refractivity contribution is -0.117.